The number of aromatic nitrogens is 6. The van der Waals surface area contributed by atoms with Crippen molar-refractivity contribution < 1.29 is 4.74 Å². The topological polar surface area (TPSA) is 88.7 Å². The predicted octanol–water partition coefficient (Wildman–Crippen LogP) is 4.05. The maximum atomic E-state index is 6.61. The second kappa shape index (κ2) is 8.03. The van der Waals surface area contributed by atoms with E-state index in [0.717, 1.165) is 47.9 Å². The van der Waals surface area contributed by atoms with E-state index < -0.39 is 0 Å². The highest BCUT2D eigenvalue weighted by molar-refractivity contribution is 6.45. The first-order valence-corrected chi connectivity index (χ1v) is 10.7. The monoisotopic (exact) mass is 445 g/mol. The Hall–Kier alpha value is -2.39. The van der Waals surface area contributed by atoms with Gasteiger partial charge in [-0.2, -0.15) is 5.10 Å². The number of nitrogens with zero attached hydrogens (tertiary/aromatic N) is 6. The van der Waals surface area contributed by atoms with E-state index in [1.165, 1.54) is 0 Å². The average molecular weight is 446 g/mol. The van der Waals surface area contributed by atoms with Crippen LogP contribution < -0.4 is 5.73 Å². The second-order valence-corrected chi connectivity index (χ2v) is 8.11. The van der Waals surface area contributed by atoms with Crippen LogP contribution in [-0.4, -0.2) is 42.5 Å². The molecule has 4 heterocycles. The molecule has 1 atom stereocenters. The molecule has 0 bridgehead atoms. The molecule has 1 fully saturated rings. The second-order valence-electron chi connectivity index (χ2n) is 7.33. The molecule has 0 aliphatic carbocycles. The van der Waals surface area contributed by atoms with Crippen LogP contribution in [0.1, 0.15) is 25.5 Å². The lowest BCUT2D eigenvalue weighted by Gasteiger charge is -2.22. The van der Waals surface area contributed by atoms with Crippen LogP contribution in [0.2, 0.25) is 10.0 Å². The number of halogens is 2. The summed E-state index contributed by atoms with van der Waals surface area (Å²) in [6.45, 7) is 1.84. The van der Waals surface area contributed by atoms with Crippen LogP contribution in [0.15, 0.2) is 36.9 Å². The molecule has 1 saturated heterocycles. The van der Waals surface area contributed by atoms with E-state index >= 15 is 0 Å². The number of rotatable bonds is 5. The highest BCUT2D eigenvalue weighted by Gasteiger charge is 2.21. The van der Waals surface area contributed by atoms with Crippen molar-refractivity contribution in [2.24, 2.45) is 5.73 Å². The van der Waals surface area contributed by atoms with E-state index in [0.29, 0.717) is 29.0 Å². The quantitative estimate of drug-likeness (QED) is 0.500. The lowest BCUT2D eigenvalue weighted by Crippen LogP contribution is -2.18. The molecule has 4 aromatic rings. The molecule has 1 aliphatic rings. The molecule has 1 aliphatic heterocycles. The molecule has 30 heavy (non-hydrogen) atoms. The number of hydrogen-bond donors (Lipinski definition) is 1. The Morgan fingerprint density at radius 3 is 2.87 bits per heavy atom. The Bertz CT molecular complexity index is 1190. The molecule has 2 N–H and O–H groups in total. The summed E-state index contributed by atoms with van der Waals surface area (Å²) in [5.41, 5.74) is 8.37. The summed E-state index contributed by atoms with van der Waals surface area (Å²) < 4.78 is 11.4. The fraction of sp³-hybridized carbons (Fsp3) is 0.350. The molecule has 1 aromatic carbocycles. The van der Waals surface area contributed by atoms with E-state index in [9.17, 15) is 0 Å². The van der Waals surface area contributed by atoms with Gasteiger partial charge in [-0.3, -0.25) is 4.57 Å². The minimum atomic E-state index is -0.0185. The molecular weight excluding hydrogens is 425 g/mol. The molecule has 156 valence electrons. The number of fused-ring (bicyclic) bond motifs is 1. The van der Waals surface area contributed by atoms with E-state index in [1.54, 1.807) is 10.7 Å². The minimum Gasteiger partial charge on any atom is -0.357 e. The third-order valence-electron chi connectivity index (χ3n) is 5.35. The zero-order valence-corrected chi connectivity index (χ0v) is 17.7. The van der Waals surface area contributed by atoms with Crippen molar-refractivity contribution >= 4 is 34.1 Å². The van der Waals surface area contributed by atoms with Crippen molar-refractivity contribution in [3.8, 4) is 16.9 Å². The first kappa shape index (κ1) is 19.6. The first-order valence-electron chi connectivity index (χ1n) is 9.91. The van der Waals surface area contributed by atoms with Crippen LogP contribution in [0.5, 0.6) is 0 Å². The Morgan fingerprint density at radius 1 is 1.17 bits per heavy atom. The van der Waals surface area contributed by atoms with Gasteiger partial charge in [0.05, 0.1) is 34.5 Å². The molecule has 3 aromatic heterocycles. The molecule has 0 amide bonds. The van der Waals surface area contributed by atoms with Crippen molar-refractivity contribution in [1.29, 1.82) is 0 Å². The van der Waals surface area contributed by atoms with Gasteiger partial charge in [0.1, 0.15) is 6.23 Å². The van der Waals surface area contributed by atoms with E-state index in [-0.39, 0.29) is 6.23 Å². The maximum Gasteiger partial charge on any atom is 0.179 e. The molecule has 8 nitrogen and oxygen atoms in total. The Kier molecular flexibility index (Phi) is 5.24. The molecule has 5 rings (SSSR count). The van der Waals surface area contributed by atoms with Gasteiger partial charge in [0.15, 0.2) is 5.82 Å². The highest BCUT2D eigenvalue weighted by Crippen LogP contribution is 2.39. The van der Waals surface area contributed by atoms with Gasteiger partial charge in [0, 0.05) is 42.1 Å². The summed E-state index contributed by atoms with van der Waals surface area (Å²) in [4.78, 5) is 0. The molecule has 0 spiro atoms. The van der Waals surface area contributed by atoms with Crippen LogP contribution in [0.4, 0.5) is 0 Å². The summed E-state index contributed by atoms with van der Waals surface area (Å²) in [6, 6.07) is 3.77. The van der Waals surface area contributed by atoms with Gasteiger partial charge in [0.25, 0.3) is 0 Å². The van der Waals surface area contributed by atoms with Gasteiger partial charge in [-0.1, -0.05) is 34.5 Å². The van der Waals surface area contributed by atoms with Crippen LogP contribution in [-0.2, 0) is 11.3 Å². The van der Waals surface area contributed by atoms with Crippen LogP contribution in [0.3, 0.4) is 0 Å². The highest BCUT2D eigenvalue weighted by atomic mass is 35.5. The van der Waals surface area contributed by atoms with Gasteiger partial charge >= 0.3 is 0 Å². The smallest absolute Gasteiger partial charge is 0.179 e. The SMILES string of the molecule is NCCn1cc(-n2cc(-c3cnn(C4CCCCO4)c3)c3ccc(Cl)c(Cl)c32)nn1. The third kappa shape index (κ3) is 3.39. The summed E-state index contributed by atoms with van der Waals surface area (Å²) >= 11 is 12.9. The van der Waals surface area contributed by atoms with Crippen molar-refractivity contribution in [1.82, 2.24) is 29.3 Å². The number of hydrogen-bond acceptors (Lipinski definition) is 5. The summed E-state index contributed by atoms with van der Waals surface area (Å²) in [6.07, 6.45) is 10.9. The fourth-order valence-corrected chi connectivity index (χ4v) is 4.28. The number of nitrogens with two attached hydrogens (primary N) is 1. The van der Waals surface area contributed by atoms with Crippen molar-refractivity contribution in [2.75, 3.05) is 13.2 Å². The first-order chi connectivity index (χ1) is 14.7. The van der Waals surface area contributed by atoms with Crippen LogP contribution >= 0.6 is 23.2 Å². The van der Waals surface area contributed by atoms with E-state index in [1.807, 2.05) is 40.1 Å². The molecule has 0 saturated carbocycles. The van der Waals surface area contributed by atoms with Gasteiger partial charge in [-0.15, -0.1) is 5.10 Å². The normalized spacial score (nSPS) is 17.1. The van der Waals surface area contributed by atoms with Gasteiger partial charge in [-0.05, 0) is 25.3 Å². The lowest BCUT2D eigenvalue weighted by molar-refractivity contribution is -0.0394. The largest absolute Gasteiger partial charge is 0.357 e. The Balaban J connectivity index is 1.62. The van der Waals surface area contributed by atoms with Crippen LogP contribution in [0, 0.1) is 0 Å². The van der Waals surface area contributed by atoms with Gasteiger partial charge in [-0.25, -0.2) is 9.36 Å². The zero-order chi connectivity index (χ0) is 20.7. The van der Waals surface area contributed by atoms with Gasteiger partial charge in [0.2, 0.25) is 0 Å². The standard InChI is InChI=1S/C20H21Cl2N7O/c21-16-5-4-14-15(13-9-24-29(10-13)18-3-1-2-8-30-18)11-28(20(14)19(16)22)17-12-27(7-6-23)26-25-17/h4-5,9-12,18H,1-3,6-8,23H2. The summed E-state index contributed by atoms with van der Waals surface area (Å²) in [5, 5.41) is 14.9. The summed E-state index contributed by atoms with van der Waals surface area (Å²) in [7, 11) is 0. The Labute approximate surface area is 183 Å². The molecule has 1 unspecified atom stereocenters. The summed E-state index contributed by atoms with van der Waals surface area (Å²) in [5.74, 6) is 0.645. The van der Waals surface area contributed by atoms with Crippen LogP contribution in [0.25, 0.3) is 27.8 Å². The molecular formula is C20H21Cl2N7O. The van der Waals surface area contributed by atoms with Crippen molar-refractivity contribution in [3.05, 3.63) is 47.0 Å². The zero-order valence-electron chi connectivity index (χ0n) is 16.2. The predicted molar refractivity (Wildman–Crippen MR) is 116 cm³/mol. The average Bonchev–Trinajstić information content (AvgIpc) is 3.49. The van der Waals surface area contributed by atoms with E-state index in [2.05, 4.69) is 15.4 Å². The van der Waals surface area contributed by atoms with E-state index in [4.69, 9.17) is 33.7 Å². The van der Waals surface area contributed by atoms with Crippen molar-refractivity contribution in [3.63, 3.8) is 0 Å². The maximum absolute atomic E-state index is 6.61. The fourth-order valence-electron chi connectivity index (χ4n) is 3.87. The number of ether oxygens (including phenoxy) is 1. The minimum absolute atomic E-state index is 0.0185. The number of benzene rings is 1. The van der Waals surface area contributed by atoms with Gasteiger partial charge < -0.3 is 10.5 Å². The lowest BCUT2D eigenvalue weighted by atomic mass is 10.1. The molecule has 0 radical (unpaired) electrons. The third-order valence-corrected chi connectivity index (χ3v) is 6.15. The molecule has 10 heteroatoms. The Morgan fingerprint density at radius 2 is 2.07 bits per heavy atom. The van der Waals surface area contributed by atoms with Crippen molar-refractivity contribution in [2.45, 2.75) is 32.0 Å².